The third kappa shape index (κ3) is 4.50. The number of H-pyrrole nitrogens is 1. The van der Waals surface area contributed by atoms with Crippen LogP contribution in [0.15, 0.2) is 46.5 Å². The lowest BCUT2D eigenvalue weighted by Gasteiger charge is -2.14. The Morgan fingerprint density at radius 3 is 2.61 bits per heavy atom. The molecule has 2 aromatic rings. The Kier molecular flexibility index (Phi) is 6.11. The molecular formula is C16H13F5N4O3. The minimum absolute atomic E-state index is 0.135. The van der Waals surface area contributed by atoms with Gasteiger partial charge in [0.05, 0.1) is 12.9 Å². The van der Waals surface area contributed by atoms with Crippen molar-refractivity contribution >= 4 is 0 Å². The number of nitrogens with zero attached hydrogens (tertiary/aromatic N) is 3. The molecule has 0 atom stereocenters. The molecule has 2 heterocycles. The summed E-state index contributed by atoms with van der Waals surface area (Å²) in [5.41, 5.74) is -4.82. The Balaban J connectivity index is 2.59. The van der Waals surface area contributed by atoms with Crippen LogP contribution in [0.2, 0.25) is 0 Å². The molecule has 0 fully saturated rings. The van der Waals surface area contributed by atoms with Gasteiger partial charge in [0.2, 0.25) is 5.75 Å². The third-order valence-electron chi connectivity index (χ3n) is 3.44. The Morgan fingerprint density at radius 2 is 2.07 bits per heavy atom. The average Bonchev–Trinajstić information content (AvgIpc) is 2.62. The van der Waals surface area contributed by atoms with Crippen LogP contribution >= 0.6 is 0 Å². The maximum absolute atomic E-state index is 13.2. The van der Waals surface area contributed by atoms with E-state index in [1.165, 1.54) is 13.0 Å². The van der Waals surface area contributed by atoms with Crippen LogP contribution in [-0.2, 0) is 12.7 Å². The predicted molar refractivity (Wildman–Crippen MR) is 87.0 cm³/mol. The first kappa shape index (κ1) is 21.0. The molecule has 0 aromatic carbocycles. The molecule has 28 heavy (non-hydrogen) atoms. The third-order valence-corrected chi connectivity index (χ3v) is 3.44. The summed E-state index contributed by atoms with van der Waals surface area (Å²) < 4.78 is 70.6. The minimum Gasteiger partial charge on any atom is -0.450 e. The second-order valence-corrected chi connectivity index (χ2v) is 5.30. The summed E-state index contributed by atoms with van der Waals surface area (Å²) in [5, 5.41) is 4.98. The summed E-state index contributed by atoms with van der Waals surface area (Å²) in [6, 6.07) is 0.745. The van der Waals surface area contributed by atoms with Crippen molar-refractivity contribution in [2.24, 2.45) is 0 Å². The molecule has 0 spiro atoms. The summed E-state index contributed by atoms with van der Waals surface area (Å²) in [7, 11) is 0. The van der Waals surface area contributed by atoms with Crippen LogP contribution in [0, 0.1) is 0 Å². The van der Waals surface area contributed by atoms with Gasteiger partial charge in [0, 0.05) is 5.56 Å². The first-order valence-electron chi connectivity index (χ1n) is 7.58. The van der Waals surface area contributed by atoms with E-state index >= 15 is 0 Å². The number of ether oxygens (including phenoxy) is 1. The van der Waals surface area contributed by atoms with E-state index in [0.717, 1.165) is 12.1 Å². The van der Waals surface area contributed by atoms with E-state index in [4.69, 9.17) is 4.74 Å². The van der Waals surface area contributed by atoms with Crippen LogP contribution in [0.25, 0.3) is 0 Å². The van der Waals surface area contributed by atoms with Gasteiger partial charge in [-0.2, -0.15) is 18.3 Å². The van der Waals surface area contributed by atoms with E-state index in [-0.39, 0.29) is 11.3 Å². The average molecular weight is 404 g/mol. The van der Waals surface area contributed by atoms with Gasteiger partial charge in [-0.15, -0.1) is 0 Å². The van der Waals surface area contributed by atoms with Crippen molar-refractivity contribution in [3.8, 4) is 5.75 Å². The Bertz CT molecular complexity index is 1020. The number of hydrogen-bond donors (Lipinski definition) is 1. The number of aromatic amines is 1. The lowest BCUT2D eigenvalue weighted by molar-refractivity contribution is -0.142. The van der Waals surface area contributed by atoms with Gasteiger partial charge in [-0.1, -0.05) is 6.58 Å². The Morgan fingerprint density at radius 1 is 1.39 bits per heavy atom. The van der Waals surface area contributed by atoms with Gasteiger partial charge in [-0.3, -0.25) is 14.2 Å². The van der Waals surface area contributed by atoms with Crippen LogP contribution in [0.1, 0.15) is 30.3 Å². The fourth-order valence-electron chi connectivity index (χ4n) is 2.09. The van der Waals surface area contributed by atoms with Crippen molar-refractivity contribution in [2.45, 2.75) is 26.1 Å². The SMILES string of the molecule is C=C/C(=C\C)Oc1c(C(F)(F)F)ncn(Cc2cc(C(F)F)n[nH]c2=O)c1=O. The Hall–Kier alpha value is -3.31. The second kappa shape index (κ2) is 8.15. The molecule has 0 unspecified atom stereocenters. The largest absolute Gasteiger partial charge is 0.450 e. The molecule has 1 N–H and O–H groups in total. The van der Waals surface area contributed by atoms with E-state index < -0.39 is 47.4 Å². The zero-order valence-electron chi connectivity index (χ0n) is 14.3. The maximum atomic E-state index is 13.2. The molecule has 0 saturated carbocycles. The standard InChI is InChI=1S/C16H13F5N4O3/c1-3-9(4-2)28-11-12(16(19,20)21)22-7-25(15(11)27)6-8-5-10(13(17)18)23-24-14(8)26/h3-5,7,13H,1,6H2,2H3,(H,24,26)/b9-4+. The van der Waals surface area contributed by atoms with Crippen molar-refractivity contribution < 1.29 is 26.7 Å². The van der Waals surface area contributed by atoms with Crippen molar-refractivity contribution in [3.63, 3.8) is 0 Å². The zero-order chi connectivity index (χ0) is 21.1. The van der Waals surface area contributed by atoms with Gasteiger partial charge in [-0.25, -0.2) is 18.9 Å². The number of alkyl halides is 5. The normalized spacial score (nSPS) is 12.3. The van der Waals surface area contributed by atoms with Gasteiger partial charge in [-0.05, 0) is 25.1 Å². The minimum atomic E-state index is -5.00. The topological polar surface area (TPSA) is 89.9 Å². The first-order chi connectivity index (χ1) is 13.1. The first-order valence-corrected chi connectivity index (χ1v) is 7.58. The van der Waals surface area contributed by atoms with Crippen molar-refractivity contribution in [3.05, 3.63) is 74.5 Å². The number of allylic oxidation sites excluding steroid dienone is 2. The number of halogens is 5. The van der Waals surface area contributed by atoms with Crippen LogP contribution in [0.4, 0.5) is 22.0 Å². The van der Waals surface area contributed by atoms with Gasteiger partial charge < -0.3 is 4.74 Å². The molecule has 0 aliphatic rings. The molecule has 0 saturated heterocycles. The molecule has 2 rings (SSSR count). The fraction of sp³-hybridized carbons (Fsp3) is 0.250. The number of hydrogen-bond acceptors (Lipinski definition) is 5. The van der Waals surface area contributed by atoms with Crippen molar-refractivity contribution in [1.29, 1.82) is 0 Å². The highest BCUT2D eigenvalue weighted by atomic mass is 19.4. The molecule has 0 aliphatic carbocycles. The lowest BCUT2D eigenvalue weighted by atomic mass is 10.2. The lowest BCUT2D eigenvalue weighted by Crippen LogP contribution is -2.29. The highest BCUT2D eigenvalue weighted by Gasteiger charge is 2.38. The quantitative estimate of drug-likeness (QED) is 0.454. The second-order valence-electron chi connectivity index (χ2n) is 5.30. The van der Waals surface area contributed by atoms with Gasteiger partial charge >= 0.3 is 6.18 Å². The van der Waals surface area contributed by atoms with E-state index in [9.17, 15) is 31.5 Å². The van der Waals surface area contributed by atoms with Gasteiger partial charge in [0.1, 0.15) is 11.5 Å². The van der Waals surface area contributed by atoms with E-state index in [1.807, 2.05) is 5.10 Å². The predicted octanol–water partition coefficient (Wildman–Crippen LogP) is 2.80. The van der Waals surface area contributed by atoms with Crippen LogP contribution < -0.4 is 15.9 Å². The van der Waals surface area contributed by atoms with Crippen molar-refractivity contribution in [1.82, 2.24) is 19.7 Å². The van der Waals surface area contributed by atoms with E-state index in [2.05, 4.69) is 16.7 Å². The molecule has 0 bridgehead atoms. The molecule has 150 valence electrons. The molecular weight excluding hydrogens is 391 g/mol. The summed E-state index contributed by atoms with van der Waals surface area (Å²) >= 11 is 0. The molecule has 0 radical (unpaired) electrons. The molecule has 7 nitrogen and oxygen atoms in total. The number of rotatable bonds is 6. The van der Waals surface area contributed by atoms with E-state index in [0.29, 0.717) is 10.9 Å². The van der Waals surface area contributed by atoms with Crippen LogP contribution in [-0.4, -0.2) is 19.7 Å². The summed E-state index contributed by atoms with van der Waals surface area (Å²) in [6.45, 7) is 4.17. The van der Waals surface area contributed by atoms with Crippen molar-refractivity contribution in [2.75, 3.05) is 0 Å². The summed E-state index contributed by atoms with van der Waals surface area (Å²) in [4.78, 5) is 27.4. The maximum Gasteiger partial charge on any atom is 0.437 e. The molecule has 0 amide bonds. The molecule has 12 heteroatoms. The van der Waals surface area contributed by atoms with Crippen LogP contribution in [0.5, 0.6) is 5.75 Å². The highest BCUT2D eigenvalue weighted by Crippen LogP contribution is 2.33. The fourth-order valence-corrected chi connectivity index (χ4v) is 2.09. The van der Waals surface area contributed by atoms with E-state index in [1.54, 1.807) is 0 Å². The van der Waals surface area contributed by atoms with Gasteiger partial charge in [0.25, 0.3) is 17.5 Å². The number of aromatic nitrogens is 4. The zero-order valence-corrected chi connectivity index (χ0v) is 14.3. The molecule has 2 aromatic heterocycles. The molecule has 0 aliphatic heterocycles. The summed E-state index contributed by atoms with van der Waals surface area (Å²) in [6.07, 6.45) is -5.10. The smallest absolute Gasteiger partial charge is 0.437 e. The number of nitrogens with one attached hydrogen (secondary N) is 1. The van der Waals surface area contributed by atoms with Gasteiger partial charge in [0.15, 0.2) is 5.69 Å². The summed E-state index contributed by atoms with van der Waals surface area (Å²) in [5.74, 6) is -1.27. The monoisotopic (exact) mass is 404 g/mol. The van der Waals surface area contributed by atoms with Crippen LogP contribution in [0.3, 0.4) is 0 Å². The highest BCUT2D eigenvalue weighted by molar-refractivity contribution is 5.31. The Labute approximate surface area is 153 Å².